The largest absolute Gasteiger partial charge is 0.353 e. The highest BCUT2D eigenvalue weighted by atomic mass is 32.1. The third-order valence-corrected chi connectivity index (χ3v) is 4.44. The lowest BCUT2D eigenvalue weighted by molar-refractivity contribution is -0.122. The van der Waals surface area contributed by atoms with E-state index in [1.165, 1.54) is 11.3 Å². The summed E-state index contributed by atoms with van der Waals surface area (Å²) >= 11 is 1.42. The van der Waals surface area contributed by atoms with Crippen molar-refractivity contribution in [1.29, 1.82) is 0 Å². The molecular weight excluding hydrogens is 288 g/mol. The van der Waals surface area contributed by atoms with Crippen molar-refractivity contribution in [1.82, 2.24) is 15.2 Å². The molecule has 2 heterocycles. The summed E-state index contributed by atoms with van der Waals surface area (Å²) in [4.78, 5) is 29.9. The van der Waals surface area contributed by atoms with Gasteiger partial charge in [-0.2, -0.15) is 0 Å². The summed E-state index contributed by atoms with van der Waals surface area (Å²) in [6.07, 6.45) is 3.03. The topological polar surface area (TPSA) is 88.3 Å². The van der Waals surface area contributed by atoms with E-state index in [9.17, 15) is 9.59 Å². The minimum absolute atomic E-state index is 0.0377. The first-order chi connectivity index (χ1) is 10.1. The van der Waals surface area contributed by atoms with E-state index in [4.69, 9.17) is 5.73 Å². The molecule has 0 saturated carbocycles. The van der Waals surface area contributed by atoms with Gasteiger partial charge in [-0.05, 0) is 19.3 Å². The molecular formula is C14H22N4O2S. The van der Waals surface area contributed by atoms with Crippen molar-refractivity contribution >= 4 is 23.2 Å². The molecule has 1 fully saturated rings. The molecule has 1 aliphatic heterocycles. The maximum atomic E-state index is 12.3. The molecule has 1 saturated heterocycles. The standard InChI is InChI=1S/C14H22N4O2S/c1-2-3-12(19)16-10-4-6-18(7-5-10)14(20)11-9-21-13(8-15)17-11/h9-10H,2-8,15H2,1H3,(H,16,19). The third kappa shape index (κ3) is 4.25. The Kier molecular flexibility index (Phi) is 5.69. The molecule has 1 aromatic heterocycles. The molecule has 2 rings (SSSR count). The number of hydrogen-bond acceptors (Lipinski definition) is 5. The lowest BCUT2D eigenvalue weighted by atomic mass is 10.0. The van der Waals surface area contributed by atoms with Crippen LogP contribution in [0.15, 0.2) is 5.38 Å². The van der Waals surface area contributed by atoms with Crippen molar-refractivity contribution in [2.45, 2.75) is 45.2 Å². The van der Waals surface area contributed by atoms with Crippen LogP contribution in [0.2, 0.25) is 0 Å². The molecule has 6 nitrogen and oxygen atoms in total. The van der Waals surface area contributed by atoms with E-state index in [1.807, 2.05) is 6.92 Å². The number of nitrogens with two attached hydrogens (primary N) is 1. The summed E-state index contributed by atoms with van der Waals surface area (Å²) in [7, 11) is 0. The van der Waals surface area contributed by atoms with E-state index in [0.717, 1.165) is 24.3 Å². The van der Waals surface area contributed by atoms with Crippen molar-refractivity contribution in [2.24, 2.45) is 5.73 Å². The van der Waals surface area contributed by atoms with Gasteiger partial charge < -0.3 is 16.0 Å². The summed E-state index contributed by atoms with van der Waals surface area (Å²) in [6.45, 7) is 3.67. The van der Waals surface area contributed by atoms with E-state index < -0.39 is 0 Å². The molecule has 0 aromatic carbocycles. The molecule has 0 aliphatic carbocycles. The SMILES string of the molecule is CCCC(=O)NC1CCN(C(=O)c2csc(CN)n2)CC1. The highest BCUT2D eigenvalue weighted by Crippen LogP contribution is 2.16. The molecule has 7 heteroatoms. The number of carbonyl (C=O) groups excluding carboxylic acids is 2. The third-order valence-electron chi connectivity index (χ3n) is 3.57. The summed E-state index contributed by atoms with van der Waals surface area (Å²) < 4.78 is 0. The lowest BCUT2D eigenvalue weighted by Gasteiger charge is -2.32. The molecule has 0 unspecified atom stereocenters. The zero-order valence-corrected chi connectivity index (χ0v) is 13.1. The predicted molar refractivity (Wildman–Crippen MR) is 82.0 cm³/mol. The number of likely N-dealkylation sites (tertiary alicyclic amines) is 1. The predicted octanol–water partition coefficient (Wildman–Crippen LogP) is 1.12. The first kappa shape index (κ1) is 15.9. The van der Waals surface area contributed by atoms with Crippen LogP contribution in [0, 0.1) is 0 Å². The van der Waals surface area contributed by atoms with Crippen molar-refractivity contribution in [2.75, 3.05) is 13.1 Å². The molecule has 2 amide bonds. The first-order valence-electron chi connectivity index (χ1n) is 7.37. The molecule has 0 atom stereocenters. The number of piperidine rings is 1. The average Bonchev–Trinajstić information content (AvgIpc) is 2.96. The van der Waals surface area contributed by atoms with Crippen LogP contribution >= 0.6 is 11.3 Å². The second kappa shape index (κ2) is 7.51. The Labute approximate surface area is 128 Å². The minimum atomic E-state index is -0.0377. The number of aromatic nitrogens is 1. The minimum Gasteiger partial charge on any atom is -0.353 e. The molecule has 0 radical (unpaired) electrons. The number of amides is 2. The van der Waals surface area contributed by atoms with Gasteiger partial charge in [0.2, 0.25) is 5.91 Å². The Morgan fingerprint density at radius 3 is 2.76 bits per heavy atom. The van der Waals surface area contributed by atoms with Crippen LogP contribution in [-0.2, 0) is 11.3 Å². The molecule has 116 valence electrons. The van der Waals surface area contributed by atoms with Gasteiger partial charge in [0.1, 0.15) is 10.7 Å². The van der Waals surface area contributed by atoms with Crippen LogP contribution in [0.5, 0.6) is 0 Å². The van der Waals surface area contributed by atoms with Crippen LogP contribution in [0.4, 0.5) is 0 Å². The van der Waals surface area contributed by atoms with E-state index >= 15 is 0 Å². The van der Waals surface area contributed by atoms with Gasteiger partial charge in [-0.15, -0.1) is 11.3 Å². The van der Waals surface area contributed by atoms with Gasteiger partial charge in [0.15, 0.2) is 0 Å². The van der Waals surface area contributed by atoms with Crippen LogP contribution in [0.1, 0.15) is 48.1 Å². The number of rotatable bonds is 5. The van der Waals surface area contributed by atoms with Gasteiger partial charge in [0, 0.05) is 37.5 Å². The van der Waals surface area contributed by atoms with Crippen molar-refractivity contribution in [3.05, 3.63) is 16.1 Å². The van der Waals surface area contributed by atoms with E-state index in [-0.39, 0.29) is 17.9 Å². The van der Waals surface area contributed by atoms with Crippen LogP contribution < -0.4 is 11.1 Å². The van der Waals surface area contributed by atoms with Gasteiger partial charge in [-0.1, -0.05) is 6.92 Å². The normalized spacial score (nSPS) is 16.0. The number of thiazole rings is 1. The highest BCUT2D eigenvalue weighted by molar-refractivity contribution is 7.09. The summed E-state index contributed by atoms with van der Waals surface area (Å²) in [5.74, 6) is 0.0682. The Bertz CT molecular complexity index is 495. The van der Waals surface area contributed by atoms with Gasteiger partial charge in [0.05, 0.1) is 0 Å². The smallest absolute Gasteiger partial charge is 0.273 e. The second-order valence-electron chi connectivity index (χ2n) is 5.21. The van der Waals surface area contributed by atoms with Gasteiger partial charge in [0.25, 0.3) is 5.91 Å². The molecule has 1 aromatic rings. The second-order valence-corrected chi connectivity index (χ2v) is 6.16. The first-order valence-corrected chi connectivity index (χ1v) is 8.25. The van der Waals surface area contributed by atoms with Gasteiger partial charge >= 0.3 is 0 Å². The monoisotopic (exact) mass is 310 g/mol. The fourth-order valence-electron chi connectivity index (χ4n) is 2.42. The van der Waals surface area contributed by atoms with Crippen molar-refractivity contribution in [3.8, 4) is 0 Å². The van der Waals surface area contributed by atoms with E-state index in [0.29, 0.717) is 31.7 Å². The van der Waals surface area contributed by atoms with E-state index in [1.54, 1.807) is 10.3 Å². The summed E-state index contributed by atoms with van der Waals surface area (Å²) in [5, 5.41) is 5.57. The van der Waals surface area contributed by atoms with Crippen molar-refractivity contribution < 1.29 is 9.59 Å². The van der Waals surface area contributed by atoms with Gasteiger partial charge in [-0.3, -0.25) is 9.59 Å². The Morgan fingerprint density at radius 1 is 1.48 bits per heavy atom. The highest BCUT2D eigenvalue weighted by Gasteiger charge is 2.25. The number of nitrogens with zero attached hydrogens (tertiary/aromatic N) is 2. The van der Waals surface area contributed by atoms with Crippen LogP contribution in [0.3, 0.4) is 0 Å². The molecule has 21 heavy (non-hydrogen) atoms. The molecule has 3 N–H and O–H groups in total. The van der Waals surface area contributed by atoms with Crippen LogP contribution in [0.25, 0.3) is 0 Å². The fraction of sp³-hybridized carbons (Fsp3) is 0.643. The lowest BCUT2D eigenvalue weighted by Crippen LogP contribution is -2.46. The molecule has 1 aliphatic rings. The summed E-state index contributed by atoms with van der Waals surface area (Å²) in [6, 6.07) is 0.183. The fourth-order valence-corrected chi connectivity index (χ4v) is 3.07. The number of nitrogens with one attached hydrogen (secondary N) is 1. The number of carbonyl (C=O) groups is 2. The molecule has 0 bridgehead atoms. The zero-order chi connectivity index (χ0) is 15.2. The maximum absolute atomic E-state index is 12.3. The quantitative estimate of drug-likeness (QED) is 0.853. The number of hydrogen-bond donors (Lipinski definition) is 2. The summed E-state index contributed by atoms with van der Waals surface area (Å²) in [5.41, 5.74) is 5.99. The van der Waals surface area contributed by atoms with Gasteiger partial charge in [-0.25, -0.2) is 4.98 Å². The maximum Gasteiger partial charge on any atom is 0.273 e. The van der Waals surface area contributed by atoms with Crippen LogP contribution in [-0.4, -0.2) is 40.8 Å². The van der Waals surface area contributed by atoms with E-state index in [2.05, 4.69) is 10.3 Å². The Hall–Kier alpha value is -1.47. The Balaban J connectivity index is 1.83. The average molecular weight is 310 g/mol. The Morgan fingerprint density at radius 2 is 2.19 bits per heavy atom. The molecule has 0 spiro atoms. The zero-order valence-electron chi connectivity index (χ0n) is 12.3. The van der Waals surface area contributed by atoms with Crippen molar-refractivity contribution in [3.63, 3.8) is 0 Å².